The Morgan fingerprint density at radius 1 is 1.06 bits per heavy atom. The van der Waals surface area contributed by atoms with Gasteiger partial charge in [0.2, 0.25) is 0 Å². The molecule has 5 aliphatic rings. The van der Waals surface area contributed by atoms with E-state index in [9.17, 15) is 19.5 Å². The van der Waals surface area contributed by atoms with Crippen molar-refractivity contribution in [2.45, 2.75) is 38.1 Å². The molecule has 0 spiro atoms. The number of ether oxygens (including phenoxy) is 1. The first-order valence-electron chi connectivity index (χ1n) is 11.9. The molecule has 0 radical (unpaired) electrons. The van der Waals surface area contributed by atoms with Crippen molar-refractivity contribution in [1.82, 2.24) is 10.2 Å². The molecule has 0 saturated heterocycles. The number of β-amino-alcohol motifs (C(OH)–C–C–N with tert-alkyl or cyclic N) is 1. The minimum Gasteiger partial charge on any atom is -0.466 e. The number of methoxy groups -OCH3 is 1. The van der Waals surface area contributed by atoms with E-state index in [0.29, 0.717) is 23.1 Å². The number of carbonyl (C=O) groups excluding carboxylic acids is 3. The average Bonchev–Trinajstić information content (AvgIpc) is 3.11. The van der Waals surface area contributed by atoms with Gasteiger partial charge in [-0.2, -0.15) is 0 Å². The van der Waals surface area contributed by atoms with E-state index in [1.54, 1.807) is 24.3 Å². The van der Waals surface area contributed by atoms with Crippen LogP contribution in [0.25, 0.3) is 0 Å². The van der Waals surface area contributed by atoms with Crippen molar-refractivity contribution in [1.29, 1.82) is 0 Å². The highest BCUT2D eigenvalue weighted by Gasteiger charge is 2.48. The maximum atomic E-state index is 13.0. The SMILES string of the molecule is COC(=O)C1=C(Nc2ccc(C(=O)NC3C4CC5CC(C4)CC3C5)cc2)C(=O)N(CCO)C1. The molecule has 1 heterocycles. The molecule has 4 fully saturated rings. The van der Waals surface area contributed by atoms with Crippen LogP contribution in [0.1, 0.15) is 42.5 Å². The van der Waals surface area contributed by atoms with Crippen molar-refractivity contribution in [3.63, 3.8) is 0 Å². The first kappa shape index (κ1) is 21.9. The van der Waals surface area contributed by atoms with E-state index < -0.39 is 5.97 Å². The van der Waals surface area contributed by atoms with Crippen molar-refractivity contribution >= 4 is 23.5 Å². The Balaban J connectivity index is 1.26. The molecule has 3 N–H and O–H groups in total. The van der Waals surface area contributed by atoms with Gasteiger partial charge >= 0.3 is 5.97 Å². The first-order valence-corrected chi connectivity index (χ1v) is 11.9. The van der Waals surface area contributed by atoms with Crippen molar-refractivity contribution < 1.29 is 24.2 Å². The van der Waals surface area contributed by atoms with Gasteiger partial charge in [-0.3, -0.25) is 9.59 Å². The van der Waals surface area contributed by atoms with Gasteiger partial charge in [0.1, 0.15) is 5.70 Å². The van der Waals surface area contributed by atoms with E-state index >= 15 is 0 Å². The lowest BCUT2D eigenvalue weighted by Gasteiger charge is -2.54. The van der Waals surface area contributed by atoms with Gasteiger partial charge in [0.25, 0.3) is 11.8 Å². The smallest absolute Gasteiger partial charge is 0.337 e. The second-order valence-electron chi connectivity index (χ2n) is 9.93. The van der Waals surface area contributed by atoms with E-state index in [4.69, 9.17) is 4.74 Å². The van der Waals surface area contributed by atoms with Crippen LogP contribution in [-0.4, -0.2) is 60.6 Å². The third kappa shape index (κ3) is 4.12. The zero-order valence-corrected chi connectivity index (χ0v) is 18.9. The minimum absolute atomic E-state index is 0.0560. The molecule has 4 saturated carbocycles. The van der Waals surface area contributed by atoms with Crippen LogP contribution in [0.2, 0.25) is 0 Å². The van der Waals surface area contributed by atoms with Crippen LogP contribution in [0.3, 0.4) is 0 Å². The van der Waals surface area contributed by atoms with Gasteiger partial charge in [-0.15, -0.1) is 0 Å². The Kier molecular flexibility index (Phi) is 5.86. The molecule has 0 atom stereocenters. The molecule has 6 rings (SSSR count). The molecule has 4 aliphatic carbocycles. The predicted octanol–water partition coefficient (Wildman–Crippen LogP) is 1.91. The summed E-state index contributed by atoms with van der Waals surface area (Å²) in [6, 6.07) is 7.21. The highest BCUT2D eigenvalue weighted by molar-refractivity contribution is 6.08. The van der Waals surface area contributed by atoms with Crippen LogP contribution >= 0.6 is 0 Å². The lowest BCUT2D eigenvalue weighted by Crippen LogP contribution is -2.55. The van der Waals surface area contributed by atoms with Crippen LogP contribution in [0.5, 0.6) is 0 Å². The van der Waals surface area contributed by atoms with Gasteiger partial charge in [0.15, 0.2) is 0 Å². The molecule has 0 aromatic heterocycles. The number of nitrogens with zero attached hydrogens (tertiary/aromatic N) is 1. The number of aliphatic hydroxyl groups excluding tert-OH is 1. The molecule has 33 heavy (non-hydrogen) atoms. The Labute approximate surface area is 193 Å². The van der Waals surface area contributed by atoms with E-state index in [2.05, 4.69) is 10.6 Å². The summed E-state index contributed by atoms with van der Waals surface area (Å²) in [7, 11) is 1.27. The van der Waals surface area contributed by atoms with Gasteiger partial charge in [0, 0.05) is 23.8 Å². The minimum atomic E-state index is -0.585. The number of esters is 1. The summed E-state index contributed by atoms with van der Waals surface area (Å²) in [5.74, 6) is 1.95. The van der Waals surface area contributed by atoms with Gasteiger partial charge < -0.3 is 25.4 Å². The third-order valence-corrected chi connectivity index (χ3v) is 7.89. The second kappa shape index (κ2) is 8.82. The first-order chi connectivity index (χ1) is 16.0. The number of rotatable bonds is 7. The van der Waals surface area contributed by atoms with Crippen molar-refractivity contribution in [3.8, 4) is 0 Å². The van der Waals surface area contributed by atoms with Crippen LogP contribution in [0, 0.1) is 23.7 Å². The molecule has 1 aromatic rings. The summed E-state index contributed by atoms with van der Waals surface area (Å²) < 4.78 is 4.81. The fourth-order valence-corrected chi connectivity index (χ4v) is 6.59. The number of benzene rings is 1. The lowest BCUT2D eigenvalue weighted by atomic mass is 9.54. The van der Waals surface area contributed by atoms with Crippen LogP contribution < -0.4 is 10.6 Å². The summed E-state index contributed by atoms with van der Waals surface area (Å²) in [6.45, 7) is 0.0237. The lowest BCUT2D eigenvalue weighted by molar-refractivity contribution is -0.136. The Hall–Kier alpha value is -2.87. The Bertz CT molecular complexity index is 958. The average molecular weight is 454 g/mol. The monoisotopic (exact) mass is 453 g/mol. The van der Waals surface area contributed by atoms with Crippen molar-refractivity contribution in [3.05, 3.63) is 41.1 Å². The summed E-state index contributed by atoms with van der Waals surface area (Å²) in [6.07, 6.45) is 6.38. The van der Waals surface area contributed by atoms with E-state index in [1.165, 1.54) is 44.1 Å². The van der Waals surface area contributed by atoms with Gasteiger partial charge in [-0.1, -0.05) is 0 Å². The second-order valence-corrected chi connectivity index (χ2v) is 9.93. The number of anilines is 1. The maximum Gasteiger partial charge on any atom is 0.337 e. The Morgan fingerprint density at radius 3 is 2.27 bits per heavy atom. The highest BCUT2D eigenvalue weighted by Crippen LogP contribution is 2.53. The number of amides is 2. The molecular weight excluding hydrogens is 422 g/mol. The quantitative estimate of drug-likeness (QED) is 0.545. The highest BCUT2D eigenvalue weighted by atomic mass is 16.5. The van der Waals surface area contributed by atoms with Gasteiger partial charge in [-0.25, -0.2) is 4.79 Å². The van der Waals surface area contributed by atoms with E-state index in [-0.39, 0.29) is 48.8 Å². The number of aliphatic hydroxyl groups is 1. The Morgan fingerprint density at radius 2 is 1.70 bits per heavy atom. The summed E-state index contributed by atoms with van der Waals surface area (Å²) in [4.78, 5) is 39.1. The number of hydrogen-bond donors (Lipinski definition) is 3. The molecule has 176 valence electrons. The van der Waals surface area contributed by atoms with Crippen LogP contribution in [0.4, 0.5) is 5.69 Å². The molecule has 8 heteroatoms. The molecule has 0 unspecified atom stereocenters. The van der Waals surface area contributed by atoms with Crippen LogP contribution in [-0.2, 0) is 14.3 Å². The summed E-state index contributed by atoms with van der Waals surface area (Å²) >= 11 is 0. The molecule has 2 amide bonds. The molecule has 1 aliphatic heterocycles. The van der Waals surface area contributed by atoms with Crippen LogP contribution in [0.15, 0.2) is 35.5 Å². The number of carbonyl (C=O) groups is 3. The molecule has 4 bridgehead atoms. The zero-order chi connectivity index (χ0) is 23.1. The van der Waals surface area contributed by atoms with Gasteiger partial charge in [-0.05, 0) is 80.0 Å². The maximum absolute atomic E-state index is 13.0. The summed E-state index contributed by atoms with van der Waals surface area (Å²) in [5.41, 5.74) is 1.54. The fraction of sp³-hybridized carbons (Fsp3) is 0.560. The standard InChI is InChI=1S/C25H31N3O5/c1-33-25(32)20-13-28(6-7-29)24(31)22(20)26-19-4-2-16(3-5-19)23(30)27-21-17-9-14-8-15(11-17)12-18(21)10-14/h2-5,14-15,17-18,21,26,29H,6-13H2,1H3,(H,27,30). The van der Waals surface area contributed by atoms with E-state index in [1.807, 2.05) is 0 Å². The molecule has 8 nitrogen and oxygen atoms in total. The largest absolute Gasteiger partial charge is 0.466 e. The number of hydrogen-bond acceptors (Lipinski definition) is 6. The predicted molar refractivity (Wildman–Crippen MR) is 121 cm³/mol. The zero-order valence-electron chi connectivity index (χ0n) is 18.9. The van der Waals surface area contributed by atoms with Crippen molar-refractivity contribution in [2.24, 2.45) is 23.7 Å². The fourth-order valence-electron chi connectivity index (χ4n) is 6.59. The number of nitrogens with one attached hydrogen (secondary N) is 2. The normalized spacial score (nSPS) is 30.1. The van der Waals surface area contributed by atoms with Gasteiger partial charge in [0.05, 0.1) is 25.8 Å². The molecular formula is C25H31N3O5. The summed E-state index contributed by atoms with van der Waals surface area (Å²) in [5, 5.41) is 15.5. The topological polar surface area (TPSA) is 108 Å². The van der Waals surface area contributed by atoms with Crippen molar-refractivity contribution in [2.75, 3.05) is 32.1 Å². The molecule has 1 aromatic carbocycles. The van der Waals surface area contributed by atoms with E-state index in [0.717, 1.165) is 11.8 Å². The third-order valence-electron chi connectivity index (χ3n) is 7.89.